The number of carbonyl (C=O) groups excluding carboxylic acids is 2. The summed E-state index contributed by atoms with van der Waals surface area (Å²) in [5, 5.41) is 5.38. The van der Waals surface area contributed by atoms with E-state index in [-0.39, 0.29) is 12.5 Å². The second kappa shape index (κ2) is 11.1. The van der Waals surface area contributed by atoms with Gasteiger partial charge in [0.2, 0.25) is 0 Å². The Kier molecular flexibility index (Phi) is 7.87. The number of nitrogens with zero attached hydrogens (tertiary/aromatic N) is 4. The second-order valence-electron chi connectivity index (χ2n) is 9.94. The maximum absolute atomic E-state index is 13.0. The van der Waals surface area contributed by atoms with E-state index >= 15 is 0 Å². The van der Waals surface area contributed by atoms with E-state index in [1.807, 2.05) is 65.0 Å². The van der Waals surface area contributed by atoms with E-state index in [0.29, 0.717) is 31.0 Å². The average Bonchev–Trinajstić information content (AvgIpc) is 3.46. The molecule has 9 nitrogen and oxygen atoms in total. The molecule has 4 aromatic rings. The fourth-order valence-corrected chi connectivity index (χ4v) is 4.53. The highest BCUT2D eigenvalue weighted by Gasteiger charge is 2.24. The van der Waals surface area contributed by atoms with Crippen LogP contribution in [0.15, 0.2) is 41.9 Å². The van der Waals surface area contributed by atoms with Crippen LogP contribution in [0.25, 0.3) is 11.0 Å². The lowest BCUT2D eigenvalue weighted by Crippen LogP contribution is -2.38. The molecule has 1 aromatic carbocycles. The van der Waals surface area contributed by atoms with Crippen LogP contribution in [0.3, 0.4) is 0 Å². The summed E-state index contributed by atoms with van der Waals surface area (Å²) in [5.74, 6) is 0.418. The highest BCUT2D eigenvalue weighted by atomic mass is 32.1. The number of aryl methyl sites for hydroxylation is 2. The standard InChI is InChI=1S/C27H32N6O3S/c1-17-12-18(2)21(28-13-17)14-29-25(34)22-16-37-24(32-22)10-11-33(26(35)36-27(3,4)5)15-23-30-19-8-6-7-9-20(19)31-23/h6-9,12-13,16H,10-11,14-15H2,1-5H3,(H,29,34)(H,30,31). The molecule has 2 N–H and O–H groups in total. The van der Waals surface area contributed by atoms with Crippen LogP contribution in [0.5, 0.6) is 0 Å². The summed E-state index contributed by atoms with van der Waals surface area (Å²) in [4.78, 5) is 44.0. The Hall–Kier alpha value is -3.79. The number of pyridine rings is 1. The second-order valence-corrected chi connectivity index (χ2v) is 10.9. The third-order valence-corrected chi connectivity index (χ3v) is 6.46. The van der Waals surface area contributed by atoms with Crippen molar-refractivity contribution in [3.63, 3.8) is 0 Å². The first-order valence-corrected chi connectivity index (χ1v) is 13.0. The molecule has 4 rings (SSSR count). The van der Waals surface area contributed by atoms with E-state index < -0.39 is 11.7 Å². The number of para-hydroxylation sites is 2. The number of aromatic amines is 1. The van der Waals surface area contributed by atoms with Gasteiger partial charge in [0.1, 0.15) is 17.1 Å². The molecular formula is C27H32N6O3S. The van der Waals surface area contributed by atoms with Crippen molar-refractivity contribution in [1.82, 2.24) is 30.2 Å². The number of benzene rings is 1. The predicted molar refractivity (Wildman–Crippen MR) is 143 cm³/mol. The Morgan fingerprint density at radius 2 is 1.95 bits per heavy atom. The van der Waals surface area contributed by atoms with Gasteiger partial charge in [-0.1, -0.05) is 18.2 Å². The molecule has 3 aromatic heterocycles. The molecular weight excluding hydrogens is 488 g/mol. The van der Waals surface area contributed by atoms with Gasteiger partial charge in [0.15, 0.2) is 0 Å². The summed E-state index contributed by atoms with van der Waals surface area (Å²) in [6, 6.07) is 9.77. The van der Waals surface area contributed by atoms with Crippen LogP contribution in [-0.4, -0.2) is 49.0 Å². The van der Waals surface area contributed by atoms with Crippen LogP contribution in [0.4, 0.5) is 4.79 Å². The van der Waals surface area contributed by atoms with Crippen LogP contribution in [0.2, 0.25) is 0 Å². The molecule has 3 heterocycles. The summed E-state index contributed by atoms with van der Waals surface area (Å²) in [7, 11) is 0. The molecule has 2 amide bonds. The van der Waals surface area contributed by atoms with Crippen LogP contribution < -0.4 is 5.32 Å². The molecule has 0 atom stereocenters. The number of amides is 2. The van der Waals surface area contributed by atoms with Crippen molar-refractivity contribution in [3.05, 3.63) is 75.3 Å². The summed E-state index contributed by atoms with van der Waals surface area (Å²) >= 11 is 1.39. The third-order valence-electron chi connectivity index (χ3n) is 5.55. The SMILES string of the molecule is Cc1cnc(CNC(=O)c2csc(CCN(Cc3nc4ccccc4[nH]3)C(=O)OC(C)(C)C)n2)c(C)c1. The minimum Gasteiger partial charge on any atom is -0.444 e. The Morgan fingerprint density at radius 1 is 1.16 bits per heavy atom. The molecule has 0 unspecified atom stereocenters. The van der Waals surface area contributed by atoms with Gasteiger partial charge in [0.25, 0.3) is 5.91 Å². The van der Waals surface area contributed by atoms with E-state index in [4.69, 9.17) is 4.74 Å². The predicted octanol–water partition coefficient (Wildman–Crippen LogP) is 4.94. The minimum atomic E-state index is -0.625. The van der Waals surface area contributed by atoms with Gasteiger partial charge in [0.05, 0.1) is 34.8 Å². The minimum absolute atomic E-state index is 0.254. The van der Waals surface area contributed by atoms with Gasteiger partial charge in [-0.15, -0.1) is 11.3 Å². The molecule has 10 heteroatoms. The molecule has 0 aliphatic carbocycles. The number of aromatic nitrogens is 4. The van der Waals surface area contributed by atoms with Gasteiger partial charge >= 0.3 is 6.09 Å². The van der Waals surface area contributed by atoms with Crippen molar-refractivity contribution in [1.29, 1.82) is 0 Å². The number of thiazole rings is 1. The molecule has 0 fully saturated rings. The zero-order valence-electron chi connectivity index (χ0n) is 21.8. The first kappa shape index (κ1) is 26.3. The smallest absolute Gasteiger partial charge is 0.410 e. The quantitative estimate of drug-likeness (QED) is 0.340. The Bertz CT molecular complexity index is 1370. The molecule has 0 bridgehead atoms. The number of rotatable bonds is 8. The topological polar surface area (TPSA) is 113 Å². The Balaban J connectivity index is 1.40. The van der Waals surface area contributed by atoms with Crippen molar-refractivity contribution < 1.29 is 14.3 Å². The van der Waals surface area contributed by atoms with Crippen molar-refractivity contribution in [2.75, 3.05) is 6.54 Å². The zero-order valence-corrected chi connectivity index (χ0v) is 22.6. The normalized spacial score (nSPS) is 11.5. The maximum atomic E-state index is 13.0. The first-order valence-electron chi connectivity index (χ1n) is 12.1. The highest BCUT2D eigenvalue weighted by Crippen LogP contribution is 2.17. The molecule has 0 saturated carbocycles. The molecule has 0 spiro atoms. The van der Waals surface area contributed by atoms with E-state index in [9.17, 15) is 9.59 Å². The van der Waals surface area contributed by atoms with E-state index in [1.54, 1.807) is 16.5 Å². The molecule has 194 valence electrons. The molecule has 0 aliphatic rings. The van der Waals surface area contributed by atoms with Crippen LogP contribution in [-0.2, 0) is 24.2 Å². The number of carbonyl (C=O) groups is 2. The van der Waals surface area contributed by atoms with E-state index in [1.165, 1.54) is 11.3 Å². The van der Waals surface area contributed by atoms with Crippen LogP contribution in [0.1, 0.15) is 58.9 Å². The number of H-pyrrole nitrogens is 1. The number of nitrogens with one attached hydrogen (secondary N) is 2. The molecule has 0 radical (unpaired) electrons. The summed E-state index contributed by atoms with van der Waals surface area (Å²) in [6.45, 7) is 10.4. The van der Waals surface area contributed by atoms with Gasteiger partial charge in [-0.05, 0) is 57.9 Å². The fraction of sp³-hybridized carbons (Fsp3) is 0.370. The Morgan fingerprint density at radius 3 is 2.68 bits per heavy atom. The van der Waals surface area contributed by atoms with Crippen LogP contribution >= 0.6 is 11.3 Å². The third kappa shape index (κ3) is 7.13. The fourth-order valence-electron chi connectivity index (χ4n) is 3.77. The van der Waals surface area contributed by atoms with Crippen molar-refractivity contribution in [2.45, 2.75) is 59.7 Å². The number of imidazole rings is 1. The molecule has 0 aliphatic heterocycles. The number of ether oxygens (including phenoxy) is 1. The van der Waals surface area contributed by atoms with Gasteiger partial charge in [-0.25, -0.2) is 14.8 Å². The van der Waals surface area contributed by atoms with Crippen molar-refractivity contribution in [2.24, 2.45) is 0 Å². The van der Waals surface area contributed by atoms with Crippen LogP contribution in [0, 0.1) is 13.8 Å². The van der Waals surface area contributed by atoms with Gasteiger partial charge < -0.3 is 19.9 Å². The zero-order chi connectivity index (χ0) is 26.6. The lowest BCUT2D eigenvalue weighted by Gasteiger charge is -2.26. The monoisotopic (exact) mass is 520 g/mol. The average molecular weight is 521 g/mol. The summed E-state index contributed by atoms with van der Waals surface area (Å²) in [6.07, 6.45) is 1.84. The lowest BCUT2D eigenvalue weighted by molar-refractivity contribution is 0.0231. The summed E-state index contributed by atoms with van der Waals surface area (Å²) < 4.78 is 5.63. The maximum Gasteiger partial charge on any atom is 0.410 e. The highest BCUT2D eigenvalue weighted by molar-refractivity contribution is 7.09. The summed E-state index contributed by atoms with van der Waals surface area (Å²) in [5.41, 5.74) is 4.42. The number of hydrogen-bond acceptors (Lipinski definition) is 7. The number of hydrogen-bond donors (Lipinski definition) is 2. The van der Waals surface area contributed by atoms with Crippen molar-refractivity contribution in [3.8, 4) is 0 Å². The van der Waals surface area contributed by atoms with E-state index in [0.717, 1.165) is 32.9 Å². The lowest BCUT2D eigenvalue weighted by atomic mass is 10.1. The van der Waals surface area contributed by atoms with E-state index in [2.05, 4.69) is 25.3 Å². The van der Waals surface area contributed by atoms with Gasteiger partial charge in [-0.2, -0.15) is 0 Å². The van der Waals surface area contributed by atoms with Gasteiger partial charge in [0, 0.05) is 24.5 Å². The first-order chi connectivity index (χ1) is 17.6. The molecule has 0 saturated heterocycles. The Labute approximate surface area is 220 Å². The number of fused-ring (bicyclic) bond motifs is 1. The largest absolute Gasteiger partial charge is 0.444 e. The molecule has 37 heavy (non-hydrogen) atoms. The van der Waals surface area contributed by atoms with Crippen molar-refractivity contribution >= 4 is 34.4 Å². The van der Waals surface area contributed by atoms with Gasteiger partial charge in [-0.3, -0.25) is 9.78 Å².